The molecule has 0 spiro atoms. The second-order valence-corrected chi connectivity index (χ2v) is 4.73. The summed E-state index contributed by atoms with van der Waals surface area (Å²) in [5.74, 6) is 5.37. The summed E-state index contributed by atoms with van der Waals surface area (Å²) in [7, 11) is 3.79. The molecule has 0 N–H and O–H groups in total. The lowest BCUT2D eigenvalue weighted by Gasteiger charge is -2.03. The van der Waals surface area contributed by atoms with Gasteiger partial charge in [0, 0.05) is 32.1 Å². The van der Waals surface area contributed by atoms with Gasteiger partial charge in [-0.1, -0.05) is 33.6 Å². The monoisotopic (exact) mass is 251 g/mol. The van der Waals surface area contributed by atoms with Crippen molar-refractivity contribution in [3.05, 3.63) is 12.3 Å². The lowest BCUT2D eigenvalue weighted by Crippen LogP contribution is -2.06. The van der Waals surface area contributed by atoms with E-state index in [4.69, 9.17) is 0 Å². The molecule has 0 unspecified atom stereocenters. The Bertz CT molecular complexity index is 341. The summed E-state index contributed by atoms with van der Waals surface area (Å²) >= 11 is 0. The van der Waals surface area contributed by atoms with Gasteiger partial charge in [0.05, 0.1) is 0 Å². The standard InChI is InChI=1S/C8H15NO.C7H10O/c1-7(2)8(10)5-6-9(3)4;1-4-5-7(8)6(2)3/h5-7H,1-4H3;6H,1-3H3/b6-5+;. The number of carbonyl (C=O) groups excluding carboxylic acids is 2. The summed E-state index contributed by atoms with van der Waals surface area (Å²) in [6.07, 6.45) is 3.37. The van der Waals surface area contributed by atoms with E-state index in [0.717, 1.165) is 0 Å². The van der Waals surface area contributed by atoms with Crippen molar-refractivity contribution in [1.29, 1.82) is 0 Å². The number of carbonyl (C=O) groups is 2. The maximum absolute atomic E-state index is 10.9. The molecule has 0 aromatic rings. The Kier molecular flexibility index (Phi) is 11.1. The van der Waals surface area contributed by atoms with E-state index in [1.54, 1.807) is 19.2 Å². The molecule has 3 heteroatoms. The first-order valence-electron chi connectivity index (χ1n) is 6.07. The Morgan fingerprint density at radius 1 is 1.06 bits per heavy atom. The molecule has 3 nitrogen and oxygen atoms in total. The molecule has 18 heavy (non-hydrogen) atoms. The topological polar surface area (TPSA) is 37.4 Å². The maximum atomic E-state index is 10.9. The van der Waals surface area contributed by atoms with Crippen molar-refractivity contribution >= 4 is 11.6 Å². The third-order valence-corrected chi connectivity index (χ3v) is 1.88. The molecule has 0 radical (unpaired) electrons. The van der Waals surface area contributed by atoms with E-state index < -0.39 is 0 Å². The SMILES string of the molecule is CC#CC(=O)C(C)C.CC(C)C(=O)/C=C/N(C)C. The summed E-state index contributed by atoms with van der Waals surface area (Å²) in [6.45, 7) is 9.13. The van der Waals surface area contributed by atoms with Gasteiger partial charge in [0.1, 0.15) is 0 Å². The first-order valence-corrected chi connectivity index (χ1v) is 6.07. The van der Waals surface area contributed by atoms with Crippen LogP contribution in [0.15, 0.2) is 12.3 Å². The number of hydrogen-bond acceptors (Lipinski definition) is 3. The van der Waals surface area contributed by atoms with Crippen LogP contribution in [0.1, 0.15) is 34.6 Å². The van der Waals surface area contributed by atoms with E-state index in [2.05, 4.69) is 11.8 Å². The van der Waals surface area contributed by atoms with E-state index >= 15 is 0 Å². The van der Waals surface area contributed by atoms with E-state index in [-0.39, 0.29) is 23.4 Å². The van der Waals surface area contributed by atoms with Gasteiger partial charge in [-0.05, 0) is 18.9 Å². The highest BCUT2D eigenvalue weighted by Gasteiger charge is 2.00. The van der Waals surface area contributed by atoms with E-state index in [1.165, 1.54) is 0 Å². The third kappa shape index (κ3) is 12.5. The van der Waals surface area contributed by atoms with Crippen LogP contribution in [0.2, 0.25) is 0 Å². The van der Waals surface area contributed by atoms with Crippen molar-refractivity contribution < 1.29 is 9.59 Å². The van der Waals surface area contributed by atoms with Crippen LogP contribution in [0.4, 0.5) is 0 Å². The van der Waals surface area contributed by atoms with Crippen molar-refractivity contribution in [3.8, 4) is 11.8 Å². The maximum Gasteiger partial charge on any atom is 0.207 e. The fourth-order valence-electron chi connectivity index (χ4n) is 0.683. The Morgan fingerprint density at radius 2 is 1.56 bits per heavy atom. The molecule has 0 aliphatic rings. The van der Waals surface area contributed by atoms with Crippen LogP contribution in [0, 0.1) is 23.7 Å². The van der Waals surface area contributed by atoms with Crippen LogP contribution in [0.25, 0.3) is 0 Å². The molecule has 0 rings (SSSR count). The van der Waals surface area contributed by atoms with Crippen molar-refractivity contribution in [2.24, 2.45) is 11.8 Å². The fraction of sp³-hybridized carbons (Fsp3) is 0.600. The highest BCUT2D eigenvalue weighted by molar-refractivity contribution is 5.96. The third-order valence-electron chi connectivity index (χ3n) is 1.88. The lowest BCUT2D eigenvalue weighted by atomic mass is 10.1. The molecule has 0 amide bonds. The predicted octanol–water partition coefficient (Wildman–Crippen LogP) is 2.52. The molecule has 0 aliphatic carbocycles. The van der Waals surface area contributed by atoms with Gasteiger partial charge < -0.3 is 4.90 Å². The minimum atomic E-state index is 0.0208. The number of ketones is 2. The van der Waals surface area contributed by atoms with Gasteiger partial charge in [-0.25, -0.2) is 0 Å². The van der Waals surface area contributed by atoms with Gasteiger partial charge >= 0.3 is 0 Å². The largest absolute Gasteiger partial charge is 0.383 e. The van der Waals surface area contributed by atoms with Crippen molar-refractivity contribution in [1.82, 2.24) is 4.90 Å². The van der Waals surface area contributed by atoms with Crippen molar-refractivity contribution in [2.75, 3.05) is 14.1 Å². The van der Waals surface area contributed by atoms with Gasteiger partial charge in [0.15, 0.2) is 5.78 Å². The molecule has 0 bridgehead atoms. The molecular weight excluding hydrogens is 226 g/mol. The summed E-state index contributed by atoms with van der Waals surface area (Å²) < 4.78 is 0. The minimum Gasteiger partial charge on any atom is -0.383 e. The van der Waals surface area contributed by atoms with Gasteiger partial charge in [-0.2, -0.15) is 0 Å². The van der Waals surface area contributed by atoms with Crippen LogP contribution < -0.4 is 0 Å². The second kappa shape index (κ2) is 10.6. The molecule has 0 aromatic heterocycles. The van der Waals surface area contributed by atoms with Crippen molar-refractivity contribution in [2.45, 2.75) is 34.6 Å². The fourth-order valence-corrected chi connectivity index (χ4v) is 0.683. The van der Waals surface area contributed by atoms with Gasteiger partial charge in [-0.3, -0.25) is 9.59 Å². The molecule has 0 saturated heterocycles. The zero-order valence-corrected chi connectivity index (χ0v) is 12.6. The molecule has 102 valence electrons. The van der Waals surface area contributed by atoms with E-state index in [9.17, 15) is 9.59 Å². The molecule has 0 aliphatic heterocycles. The van der Waals surface area contributed by atoms with Crippen molar-refractivity contribution in [3.63, 3.8) is 0 Å². The number of allylic oxidation sites excluding steroid dienone is 1. The molecule has 0 saturated carbocycles. The van der Waals surface area contributed by atoms with Crippen LogP contribution in [-0.4, -0.2) is 30.6 Å². The van der Waals surface area contributed by atoms with Gasteiger partial charge in [-0.15, -0.1) is 0 Å². The zero-order valence-electron chi connectivity index (χ0n) is 12.6. The molecule has 0 heterocycles. The average Bonchev–Trinajstić information content (AvgIpc) is 2.26. The number of nitrogens with zero attached hydrogens (tertiary/aromatic N) is 1. The summed E-state index contributed by atoms with van der Waals surface area (Å²) in [5, 5.41) is 0. The Morgan fingerprint density at radius 3 is 1.78 bits per heavy atom. The summed E-state index contributed by atoms with van der Waals surface area (Å²) in [4.78, 5) is 23.4. The van der Waals surface area contributed by atoms with E-state index in [0.29, 0.717) is 0 Å². The highest BCUT2D eigenvalue weighted by Crippen LogP contribution is 1.95. The number of hydrogen-bond donors (Lipinski definition) is 0. The molecule has 0 aromatic carbocycles. The quantitative estimate of drug-likeness (QED) is 0.438. The summed E-state index contributed by atoms with van der Waals surface area (Å²) in [5.41, 5.74) is 0. The molecular formula is C15H25NO2. The second-order valence-electron chi connectivity index (χ2n) is 4.73. The molecule has 0 atom stereocenters. The first kappa shape index (κ1) is 18.8. The summed E-state index contributed by atoms with van der Waals surface area (Å²) in [6, 6.07) is 0. The minimum absolute atomic E-state index is 0.0208. The number of Topliss-reactive ketones (excluding diaryl/α,β-unsaturated/α-hetero) is 1. The Balaban J connectivity index is 0. The van der Waals surface area contributed by atoms with Crippen LogP contribution in [-0.2, 0) is 9.59 Å². The highest BCUT2D eigenvalue weighted by atomic mass is 16.1. The Hall–Kier alpha value is -1.56. The van der Waals surface area contributed by atoms with Gasteiger partial charge in [0.2, 0.25) is 5.78 Å². The normalized spacial score (nSPS) is 9.61. The lowest BCUT2D eigenvalue weighted by molar-refractivity contribution is -0.117. The molecule has 0 fully saturated rings. The van der Waals surface area contributed by atoms with Crippen LogP contribution in [0.3, 0.4) is 0 Å². The zero-order chi connectivity index (χ0) is 14.7. The van der Waals surface area contributed by atoms with Crippen LogP contribution >= 0.6 is 0 Å². The smallest absolute Gasteiger partial charge is 0.207 e. The van der Waals surface area contributed by atoms with Gasteiger partial charge in [0.25, 0.3) is 0 Å². The first-order chi connectivity index (χ1) is 8.22. The Labute approximate surface area is 111 Å². The predicted molar refractivity (Wildman–Crippen MR) is 76.0 cm³/mol. The number of rotatable bonds is 4. The van der Waals surface area contributed by atoms with E-state index in [1.807, 2.05) is 46.7 Å². The average molecular weight is 251 g/mol. The van der Waals surface area contributed by atoms with Crippen LogP contribution in [0.5, 0.6) is 0 Å².